The minimum atomic E-state index is 0.531. The van der Waals surface area contributed by atoms with Crippen LogP contribution in [0.25, 0.3) is 0 Å². The summed E-state index contributed by atoms with van der Waals surface area (Å²) in [5.41, 5.74) is 0. The van der Waals surface area contributed by atoms with Gasteiger partial charge in [0.2, 0.25) is 0 Å². The highest BCUT2D eigenvalue weighted by Crippen LogP contribution is 2.41. The van der Waals surface area contributed by atoms with Crippen molar-refractivity contribution < 1.29 is 0 Å². The SMILES string of the molecule is CCNC(c1ncc(C)s1)C1CC1. The Labute approximate surface area is 83.4 Å². The molecule has 0 amide bonds. The van der Waals surface area contributed by atoms with E-state index in [1.54, 1.807) is 0 Å². The second-order valence-corrected chi connectivity index (χ2v) is 4.95. The second-order valence-electron chi connectivity index (χ2n) is 3.68. The predicted molar refractivity (Wildman–Crippen MR) is 56.0 cm³/mol. The fraction of sp³-hybridized carbons (Fsp3) is 0.700. The number of hydrogen-bond donors (Lipinski definition) is 1. The molecule has 1 saturated carbocycles. The first kappa shape index (κ1) is 9.16. The van der Waals surface area contributed by atoms with Gasteiger partial charge in [-0.1, -0.05) is 6.92 Å². The molecule has 13 heavy (non-hydrogen) atoms. The quantitative estimate of drug-likeness (QED) is 0.800. The molecule has 1 aliphatic rings. The van der Waals surface area contributed by atoms with Crippen LogP contribution in [0.1, 0.15) is 35.7 Å². The Morgan fingerprint density at radius 2 is 2.46 bits per heavy atom. The second kappa shape index (κ2) is 3.76. The van der Waals surface area contributed by atoms with E-state index in [2.05, 4.69) is 24.1 Å². The lowest BCUT2D eigenvalue weighted by Crippen LogP contribution is -2.22. The summed E-state index contributed by atoms with van der Waals surface area (Å²) in [5, 5.41) is 4.80. The molecule has 1 fully saturated rings. The zero-order valence-electron chi connectivity index (χ0n) is 8.21. The molecule has 1 aliphatic carbocycles. The van der Waals surface area contributed by atoms with Gasteiger partial charge in [-0.3, -0.25) is 0 Å². The van der Waals surface area contributed by atoms with Gasteiger partial charge in [-0.25, -0.2) is 4.98 Å². The minimum absolute atomic E-state index is 0.531. The van der Waals surface area contributed by atoms with Crippen molar-refractivity contribution in [3.63, 3.8) is 0 Å². The van der Waals surface area contributed by atoms with E-state index in [9.17, 15) is 0 Å². The fourth-order valence-electron chi connectivity index (χ4n) is 1.62. The average molecular weight is 196 g/mol. The van der Waals surface area contributed by atoms with E-state index in [1.807, 2.05) is 17.5 Å². The van der Waals surface area contributed by atoms with Gasteiger partial charge >= 0.3 is 0 Å². The molecule has 1 aromatic heterocycles. The van der Waals surface area contributed by atoms with Crippen molar-refractivity contribution in [2.45, 2.75) is 32.7 Å². The van der Waals surface area contributed by atoms with Gasteiger partial charge in [0.15, 0.2) is 0 Å². The van der Waals surface area contributed by atoms with Gasteiger partial charge in [0, 0.05) is 11.1 Å². The van der Waals surface area contributed by atoms with Gasteiger partial charge in [0.25, 0.3) is 0 Å². The maximum Gasteiger partial charge on any atom is 0.110 e. The molecule has 0 aromatic carbocycles. The van der Waals surface area contributed by atoms with Crippen LogP contribution in [0, 0.1) is 12.8 Å². The molecule has 1 heterocycles. The van der Waals surface area contributed by atoms with Gasteiger partial charge in [0.1, 0.15) is 5.01 Å². The molecular formula is C10H16N2S. The van der Waals surface area contributed by atoms with Gasteiger partial charge in [-0.05, 0) is 32.2 Å². The number of rotatable bonds is 4. The van der Waals surface area contributed by atoms with Crippen molar-refractivity contribution in [1.82, 2.24) is 10.3 Å². The smallest absolute Gasteiger partial charge is 0.110 e. The lowest BCUT2D eigenvalue weighted by Gasteiger charge is -2.13. The molecule has 1 atom stereocenters. The Balaban J connectivity index is 2.10. The molecule has 1 aromatic rings. The first-order valence-electron chi connectivity index (χ1n) is 4.97. The molecule has 1 N–H and O–H groups in total. The highest BCUT2D eigenvalue weighted by atomic mass is 32.1. The molecule has 0 radical (unpaired) electrons. The Hall–Kier alpha value is -0.410. The van der Waals surface area contributed by atoms with Gasteiger partial charge in [-0.2, -0.15) is 0 Å². The summed E-state index contributed by atoms with van der Waals surface area (Å²) >= 11 is 1.83. The summed E-state index contributed by atoms with van der Waals surface area (Å²) in [7, 11) is 0. The van der Waals surface area contributed by atoms with Crippen LogP contribution in [0.15, 0.2) is 6.20 Å². The lowest BCUT2D eigenvalue weighted by molar-refractivity contribution is 0.494. The predicted octanol–water partition coefficient (Wildman–Crippen LogP) is 2.51. The molecule has 0 saturated heterocycles. The van der Waals surface area contributed by atoms with Crippen LogP contribution in [0.4, 0.5) is 0 Å². The summed E-state index contributed by atoms with van der Waals surface area (Å²) in [6, 6.07) is 0.531. The third kappa shape index (κ3) is 2.09. The van der Waals surface area contributed by atoms with E-state index in [1.165, 1.54) is 22.7 Å². The highest BCUT2D eigenvalue weighted by molar-refractivity contribution is 7.11. The molecule has 0 aliphatic heterocycles. The van der Waals surface area contributed by atoms with E-state index in [4.69, 9.17) is 0 Å². The molecule has 2 rings (SSSR count). The molecule has 0 bridgehead atoms. The maximum atomic E-state index is 4.45. The first-order valence-corrected chi connectivity index (χ1v) is 5.78. The Morgan fingerprint density at radius 1 is 1.69 bits per heavy atom. The summed E-state index contributed by atoms with van der Waals surface area (Å²) in [6.07, 6.45) is 4.72. The Morgan fingerprint density at radius 3 is 2.92 bits per heavy atom. The maximum absolute atomic E-state index is 4.45. The topological polar surface area (TPSA) is 24.9 Å². The van der Waals surface area contributed by atoms with Gasteiger partial charge in [-0.15, -0.1) is 11.3 Å². The average Bonchev–Trinajstić information content (AvgIpc) is 2.85. The number of nitrogens with one attached hydrogen (secondary N) is 1. The fourth-order valence-corrected chi connectivity index (χ4v) is 2.56. The monoisotopic (exact) mass is 196 g/mol. The molecule has 0 spiro atoms. The van der Waals surface area contributed by atoms with Crippen LogP contribution in [-0.2, 0) is 0 Å². The zero-order chi connectivity index (χ0) is 9.26. The molecule has 1 unspecified atom stereocenters. The summed E-state index contributed by atoms with van der Waals surface area (Å²) in [4.78, 5) is 5.77. The zero-order valence-corrected chi connectivity index (χ0v) is 9.03. The number of aromatic nitrogens is 1. The van der Waals surface area contributed by atoms with Gasteiger partial charge < -0.3 is 5.32 Å². The van der Waals surface area contributed by atoms with Crippen LogP contribution in [-0.4, -0.2) is 11.5 Å². The normalized spacial score (nSPS) is 18.9. The van der Waals surface area contributed by atoms with Crippen LogP contribution >= 0.6 is 11.3 Å². The summed E-state index contributed by atoms with van der Waals surface area (Å²) in [6.45, 7) is 5.33. The van der Waals surface area contributed by atoms with E-state index in [0.29, 0.717) is 6.04 Å². The van der Waals surface area contributed by atoms with E-state index in [-0.39, 0.29) is 0 Å². The largest absolute Gasteiger partial charge is 0.308 e. The highest BCUT2D eigenvalue weighted by Gasteiger charge is 2.33. The first-order chi connectivity index (χ1) is 6.31. The van der Waals surface area contributed by atoms with E-state index >= 15 is 0 Å². The van der Waals surface area contributed by atoms with Crippen LogP contribution in [0.2, 0.25) is 0 Å². The third-order valence-electron chi connectivity index (χ3n) is 2.42. The standard InChI is InChI=1S/C10H16N2S/c1-3-11-9(8-4-5-8)10-12-6-7(2)13-10/h6,8-9,11H,3-5H2,1-2H3. The number of hydrogen-bond acceptors (Lipinski definition) is 3. The van der Waals surface area contributed by atoms with Gasteiger partial charge in [0.05, 0.1) is 6.04 Å². The molecule has 72 valence electrons. The third-order valence-corrected chi connectivity index (χ3v) is 3.42. The number of thiazole rings is 1. The van der Waals surface area contributed by atoms with Crippen molar-refractivity contribution in [3.05, 3.63) is 16.1 Å². The van der Waals surface area contributed by atoms with Crippen LogP contribution < -0.4 is 5.32 Å². The summed E-state index contributed by atoms with van der Waals surface area (Å²) < 4.78 is 0. The number of nitrogens with zero attached hydrogens (tertiary/aromatic N) is 1. The van der Waals surface area contributed by atoms with Crippen molar-refractivity contribution in [2.24, 2.45) is 5.92 Å². The molecule has 2 nitrogen and oxygen atoms in total. The Kier molecular flexibility index (Phi) is 2.65. The lowest BCUT2D eigenvalue weighted by atomic mass is 10.2. The van der Waals surface area contributed by atoms with Crippen LogP contribution in [0.3, 0.4) is 0 Å². The van der Waals surface area contributed by atoms with Crippen molar-refractivity contribution in [1.29, 1.82) is 0 Å². The van der Waals surface area contributed by atoms with E-state index in [0.717, 1.165) is 12.5 Å². The Bertz CT molecular complexity index is 278. The van der Waals surface area contributed by atoms with Crippen molar-refractivity contribution >= 4 is 11.3 Å². The molecule has 3 heteroatoms. The minimum Gasteiger partial charge on any atom is -0.308 e. The van der Waals surface area contributed by atoms with E-state index < -0.39 is 0 Å². The number of aryl methyl sites for hydroxylation is 1. The molecular weight excluding hydrogens is 180 g/mol. The van der Waals surface area contributed by atoms with Crippen LogP contribution in [0.5, 0.6) is 0 Å². The van der Waals surface area contributed by atoms with Crippen molar-refractivity contribution in [3.8, 4) is 0 Å². The van der Waals surface area contributed by atoms with Crippen molar-refractivity contribution in [2.75, 3.05) is 6.54 Å². The summed E-state index contributed by atoms with van der Waals surface area (Å²) in [5.74, 6) is 0.852.